The molecule has 0 spiro atoms. The summed E-state index contributed by atoms with van der Waals surface area (Å²) in [6, 6.07) is 0. The summed E-state index contributed by atoms with van der Waals surface area (Å²) in [6.07, 6.45) is 4.99. The largest absolute Gasteiger partial charge is 0.394 e. The summed E-state index contributed by atoms with van der Waals surface area (Å²) in [7, 11) is 0. The average molecular weight is 267 g/mol. The van der Waals surface area contributed by atoms with Crippen molar-refractivity contribution in [2.45, 2.75) is 33.2 Å². The fraction of sp³-hybridized carbons (Fsp3) is 0.571. The van der Waals surface area contributed by atoms with Gasteiger partial charge >= 0.3 is 0 Å². The number of hydrogen-bond donors (Lipinski definition) is 3. The minimum Gasteiger partial charge on any atom is -0.394 e. The molecule has 19 heavy (non-hydrogen) atoms. The van der Waals surface area contributed by atoms with Crippen LogP contribution in [0.5, 0.6) is 0 Å². The fourth-order valence-corrected chi connectivity index (χ4v) is 1.19. The molecular weight excluding hydrogens is 242 g/mol. The Bertz CT molecular complexity index is 360. The van der Waals surface area contributed by atoms with Crippen LogP contribution >= 0.6 is 0 Å². The van der Waals surface area contributed by atoms with Crippen molar-refractivity contribution in [3.05, 3.63) is 24.0 Å². The Balaban J connectivity index is 4.34. The molecule has 0 aromatic rings. The van der Waals surface area contributed by atoms with E-state index in [0.717, 1.165) is 0 Å². The quantitative estimate of drug-likeness (QED) is 0.457. The maximum Gasteiger partial charge on any atom is 0.228 e. The van der Waals surface area contributed by atoms with Gasteiger partial charge in [-0.05, 0) is 33.6 Å². The Morgan fingerprint density at radius 2 is 2.16 bits per heavy atom. The molecule has 0 radical (unpaired) electrons. The molecular formula is C14H25N3O2. The van der Waals surface area contributed by atoms with Crippen molar-refractivity contribution < 1.29 is 9.90 Å². The normalized spacial score (nSPS) is 14.5. The monoisotopic (exact) mass is 267 g/mol. The SMILES string of the molecule is C=N/C=C\C(=C/C)NC(=O)C(C)CNC(C)(C)CO. The number of aliphatic hydroxyl groups excluding tert-OH is 1. The van der Waals surface area contributed by atoms with Crippen molar-refractivity contribution >= 4 is 12.6 Å². The fourth-order valence-electron chi connectivity index (χ4n) is 1.19. The molecule has 5 heteroatoms. The first-order chi connectivity index (χ1) is 8.86. The summed E-state index contributed by atoms with van der Waals surface area (Å²) in [5, 5.41) is 15.1. The molecule has 1 amide bonds. The molecule has 0 rings (SSSR count). The minimum absolute atomic E-state index is 0.0230. The van der Waals surface area contributed by atoms with Crippen molar-refractivity contribution in [2.75, 3.05) is 13.2 Å². The molecule has 0 fully saturated rings. The van der Waals surface area contributed by atoms with Gasteiger partial charge in [-0.2, -0.15) is 0 Å². The summed E-state index contributed by atoms with van der Waals surface area (Å²) < 4.78 is 0. The average Bonchev–Trinajstić information content (AvgIpc) is 2.40. The molecule has 0 aliphatic heterocycles. The van der Waals surface area contributed by atoms with E-state index in [1.807, 2.05) is 27.7 Å². The van der Waals surface area contributed by atoms with Crippen LogP contribution in [0.25, 0.3) is 0 Å². The second-order valence-corrected chi connectivity index (χ2v) is 5.06. The Hall–Kier alpha value is -1.46. The summed E-state index contributed by atoms with van der Waals surface area (Å²) >= 11 is 0. The van der Waals surface area contributed by atoms with E-state index in [1.54, 1.807) is 12.2 Å². The van der Waals surface area contributed by atoms with Gasteiger partial charge in [0.25, 0.3) is 0 Å². The van der Waals surface area contributed by atoms with E-state index in [-0.39, 0.29) is 24.0 Å². The first-order valence-electron chi connectivity index (χ1n) is 6.31. The van der Waals surface area contributed by atoms with Crippen LogP contribution < -0.4 is 10.6 Å². The van der Waals surface area contributed by atoms with Gasteiger partial charge in [-0.15, -0.1) is 0 Å². The van der Waals surface area contributed by atoms with E-state index < -0.39 is 0 Å². The number of carbonyl (C=O) groups excluding carboxylic acids is 1. The van der Waals surface area contributed by atoms with Crippen molar-refractivity contribution in [3.8, 4) is 0 Å². The van der Waals surface area contributed by atoms with Crippen LogP contribution in [-0.4, -0.2) is 36.4 Å². The number of amides is 1. The first kappa shape index (κ1) is 17.5. The standard InChI is InChI=1S/C14H25N3O2/c1-6-12(7-8-15-5)17-13(19)11(2)9-16-14(3,4)10-18/h6-8,11,16,18H,5,9-10H2,1-4H3,(H,17,19)/b8-7-,12-6+. The molecule has 0 saturated heterocycles. The van der Waals surface area contributed by atoms with Crippen LogP contribution in [0.4, 0.5) is 0 Å². The lowest BCUT2D eigenvalue weighted by Gasteiger charge is -2.25. The van der Waals surface area contributed by atoms with E-state index in [2.05, 4.69) is 22.3 Å². The lowest BCUT2D eigenvalue weighted by molar-refractivity contribution is -0.123. The number of rotatable bonds is 8. The van der Waals surface area contributed by atoms with E-state index in [1.165, 1.54) is 6.20 Å². The van der Waals surface area contributed by atoms with E-state index in [9.17, 15) is 4.79 Å². The predicted molar refractivity (Wildman–Crippen MR) is 78.9 cm³/mol. The molecule has 3 N–H and O–H groups in total. The number of aliphatic hydroxyl groups is 1. The van der Waals surface area contributed by atoms with Crippen molar-refractivity contribution in [1.82, 2.24) is 10.6 Å². The highest BCUT2D eigenvalue weighted by Gasteiger charge is 2.19. The Kier molecular flexibility index (Phi) is 7.95. The molecule has 1 atom stereocenters. The Morgan fingerprint density at radius 3 is 2.63 bits per heavy atom. The maximum absolute atomic E-state index is 11.9. The highest BCUT2D eigenvalue weighted by atomic mass is 16.3. The number of aliphatic imine (C=N–C) groups is 1. The Morgan fingerprint density at radius 1 is 1.53 bits per heavy atom. The molecule has 0 bridgehead atoms. The van der Waals surface area contributed by atoms with Gasteiger partial charge < -0.3 is 15.7 Å². The molecule has 0 aromatic carbocycles. The molecule has 108 valence electrons. The predicted octanol–water partition coefficient (Wildman–Crippen LogP) is 1.22. The van der Waals surface area contributed by atoms with Crippen LogP contribution in [-0.2, 0) is 4.79 Å². The van der Waals surface area contributed by atoms with E-state index in [0.29, 0.717) is 12.2 Å². The van der Waals surface area contributed by atoms with Crippen molar-refractivity contribution in [1.29, 1.82) is 0 Å². The van der Waals surface area contributed by atoms with Gasteiger partial charge in [-0.25, -0.2) is 0 Å². The first-order valence-corrected chi connectivity index (χ1v) is 6.31. The molecule has 5 nitrogen and oxygen atoms in total. The van der Waals surface area contributed by atoms with Gasteiger partial charge in [-0.1, -0.05) is 13.0 Å². The zero-order valence-corrected chi connectivity index (χ0v) is 12.2. The van der Waals surface area contributed by atoms with Gasteiger partial charge in [0, 0.05) is 29.9 Å². The van der Waals surface area contributed by atoms with Gasteiger partial charge in [0.15, 0.2) is 0 Å². The smallest absolute Gasteiger partial charge is 0.228 e. The maximum atomic E-state index is 11.9. The third kappa shape index (κ3) is 7.54. The molecule has 0 aromatic heterocycles. The van der Waals surface area contributed by atoms with Crippen molar-refractivity contribution in [3.63, 3.8) is 0 Å². The van der Waals surface area contributed by atoms with Crippen LogP contribution in [0.1, 0.15) is 27.7 Å². The molecule has 0 aliphatic carbocycles. The van der Waals surface area contributed by atoms with E-state index >= 15 is 0 Å². The number of nitrogens with zero attached hydrogens (tertiary/aromatic N) is 1. The third-order valence-electron chi connectivity index (χ3n) is 2.67. The second-order valence-electron chi connectivity index (χ2n) is 5.06. The van der Waals surface area contributed by atoms with Crippen LogP contribution in [0.15, 0.2) is 29.0 Å². The second kappa shape index (κ2) is 8.61. The summed E-state index contributed by atoms with van der Waals surface area (Å²) in [6.45, 7) is 11.3. The number of nitrogens with one attached hydrogen (secondary N) is 2. The third-order valence-corrected chi connectivity index (χ3v) is 2.67. The van der Waals surface area contributed by atoms with Crippen molar-refractivity contribution in [2.24, 2.45) is 10.9 Å². The zero-order valence-electron chi connectivity index (χ0n) is 12.2. The van der Waals surface area contributed by atoms with Crippen LogP contribution in [0.2, 0.25) is 0 Å². The number of hydrogen-bond acceptors (Lipinski definition) is 4. The van der Waals surface area contributed by atoms with Gasteiger partial charge in [0.2, 0.25) is 5.91 Å². The lowest BCUT2D eigenvalue weighted by Crippen LogP contribution is -2.46. The highest BCUT2D eigenvalue weighted by molar-refractivity contribution is 5.80. The van der Waals surface area contributed by atoms with Gasteiger partial charge in [0.05, 0.1) is 6.61 Å². The van der Waals surface area contributed by atoms with Gasteiger partial charge in [-0.3, -0.25) is 9.79 Å². The Labute approximate surface area is 115 Å². The van der Waals surface area contributed by atoms with Gasteiger partial charge in [0.1, 0.15) is 0 Å². The minimum atomic E-state index is -0.384. The zero-order chi connectivity index (χ0) is 14.9. The van der Waals surface area contributed by atoms with Crippen LogP contribution in [0.3, 0.4) is 0 Å². The van der Waals surface area contributed by atoms with E-state index in [4.69, 9.17) is 5.11 Å². The number of allylic oxidation sites excluding steroid dienone is 2. The summed E-state index contributed by atoms with van der Waals surface area (Å²) in [5.74, 6) is -0.283. The highest BCUT2D eigenvalue weighted by Crippen LogP contribution is 2.03. The molecule has 0 saturated carbocycles. The molecule has 0 heterocycles. The summed E-state index contributed by atoms with van der Waals surface area (Å²) in [4.78, 5) is 15.5. The topological polar surface area (TPSA) is 73.7 Å². The summed E-state index contributed by atoms with van der Waals surface area (Å²) in [5.41, 5.74) is 0.302. The molecule has 1 unspecified atom stereocenters. The van der Waals surface area contributed by atoms with Crippen LogP contribution in [0, 0.1) is 5.92 Å². The molecule has 0 aliphatic rings. The lowest BCUT2D eigenvalue weighted by atomic mass is 10.0. The number of carbonyl (C=O) groups is 1.